The zero-order chi connectivity index (χ0) is 14.0. The molecular formula is C12H15ClFNO3S. The molecular weight excluding hydrogens is 293 g/mol. The average molecular weight is 308 g/mol. The third-order valence-corrected chi connectivity index (χ3v) is 5.19. The lowest BCUT2D eigenvalue weighted by Crippen LogP contribution is -2.45. The predicted molar refractivity (Wildman–Crippen MR) is 70.0 cm³/mol. The fraction of sp³-hybridized carbons (Fsp3) is 0.500. The molecule has 1 aromatic rings. The largest absolute Gasteiger partial charge is 0.391 e. The summed E-state index contributed by atoms with van der Waals surface area (Å²) >= 11 is 5.79. The molecule has 106 valence electrons. The molecule has 0 amide bonds. The molecule has 0 heterocycles. The second-order valence-electron chi connectivity index (χ2n) is 4.65. The standard InChI is InChI=1S/C12H15ClFNO3S/c13-9-6-5-8(14)7-12(9)19(17,18)15-10-3-1-2-4-11(10)16/h5-7,10-11,15-16H,1-4H2/t10-,11-/m0/s1. The minimum Gasteiger partial charge on any atom is -0.391 e. The lowest BCUT2D eigenvalue weighted by atomic mass is 9.93. The molecule has 1 fully saturated rings. The van der Waals surface area contributed by atoms with Gasteiger partial charge in [0.15, 0.2) is 0 Å². The monoisotopic (exact) mass is 307 g/mol. The van der Waals surface area contributed by atoms with Crippen LogP contribution in [0.1, 0.15) is 25.7 Å². The molecule has 0 aliphatic heterocycles. The number of rotatable bonds is 3. The van der Waals surface area contributed by atoms with Gasteiger partial charge in [0.2, 0.25) is 10.0 Å². The van der Waals surface area contributed by atoms with E-state index in [1.165, 1.54) is 6.07 Å². The summed E-state index contributed by atoms with van der Waals surface area (Å²) in [6.45, 7) is 0. The smallest absolute Gasteiger partial charge is 0.242 e. The van der Waals surface area contributed by atoms with E-state index < -0.39 is 28.0 Å². The van der Waals surface area contributed by atoms with Gasteiger partial charge < -0.3 is 5.11 Å². The number of hydrogen-bond acceptors (Lipinski definition) is 3. The van der Waals surface area contributed by atoms with E-state index in [0.29, 0.717) is 12.8 Å². The minimum atomic E-state index is -3.93. The SMILES string of the molecule is O=S(=O)(N[C@H]1CCCC[C@@H]1O)c1cc(F)ccc1Cl. The van der Waals surface area contributed by atoms with E-state index in [1.54, 1.807) is 0 Å². The van der Waals surface area contributed by atoms with Crippen LogP contribution in [0.2, 0.25) is 5.02 Å². The Morgan fingerprint density at radius 3 is 2.68 bits per heavy atom. The highest BCUT2D eigenvalue weighted by Gasteiger charge is 2.29. The molecule has 0 bridgehead atoms. The second-order valence-corrected chi connectivity index (χ2v) is 6.74. The van der Waals surface area contributed by atoms with E-state index in [1.807, 2.05) is 0 Å². The molecule has 0 saturated heterocycles. The van der Waals surface area contributed by atoms with Crippen molar-refractivity contribution in [1.82, 2.24) is 4.72 Å². The van der Waals surface area contributed by atoms with Crippen molar-refractivity contribution < 1.29 is 17.9 Å². The fourth-order valence-corrected chi connectivity index (χ4v) is 4.01. The Kier molecular flexibility index (Phi) is 4.45. The van der Waals surface area contributed by atoms with Crippen molar-refractivity contribution >= 4 is 21.6 Å². The van der Waals surface area contributed by atoms with E-state index in [-0.39, 0.29) is 9.92 Å². The zero-order valence-corrected chi connectivity index (χ0v) is 11.7. The van der Waals surface area contributed by atoms with Crippen molar-refractivity contribution in [1.29, 1.82) is 0 Å². The van der Waals surface area contributed by atoms with Gasteiger partial charge in [-0.05, 0) is 31.0 Å². The van der Waals surface area contributed by atoms with Gasteiger partial charge in [-0.1, -0.05) is 24.4 Å². The van der Waals surface area contributed by atoms with Crippen LogP contribution in [-0.4, -0.2) is 25.7 Å². The van der Waals surface area contributed by atoms with Gasteiger partial charge in [-0.25, -0.2) is 17.5 Å². The molecule has 19 heavy (non-hydrogen) atoms. The Bertz CT molecular complexity index is 564. The summed E-state index contributed by atoms with van der Waals surface area (Å²) in [7, 11) is -3.93. The van der Waals surface area contributed by atoms with Gasteiger partial charge in [-0.3, -0.25) is 0 Å². The van der Waals surface area contributed by atoms with Crippen LogP contribution in [-0.2, 0) is 10.0 Å². The number of hydrogen-bond donors (Lipinski definition) is 2. The van der Waals surface area contributed by atoms with Crippen LogP contribution in [0.5, 0.6) is 0 Å². The molecule has 0 radical (unpaired) electrons. The first kappa shape index (κ1) is 14.7. The summed E-state index contributed by atoms with van der Waals surface area (Å²) in [5.41, 5.74) is 0. The van der Waals surface area contributed by atoms with Gasteiger partial charge in [0, 0.05) is 6.04 Å². The summed E-state index contributed by atoms with van der Waals surface area (Å²) in [6, 6.07) is 2.62. The number of benzene rings is 1. The third-order valence-electron chi connectivity index (χ3n) is 3.22. The maximum absolute atomic E-state index is 13.1. The van der Waals surface area contributed by atoms with Crippen LogP contribution in [0.25, 0.3) is 0 Å². The molecule has 1 aliphatic carbocycles. The molecule has 1 aromatic carbocycles. The van der Waals surface area contributed by atoms with E-state index in [0.717, 1.165) is 25.0 Å². The average Bonchev–Trinajstić information content (AvgIpc) is 2.35. The molecule has 2 rings (SSSR count). The number of nitrogens with one attached hydrogen (secondary N) is 1. The Balaban J connectivity index is 2.24. The number of halogens is 2. The topological polar surface area (TPSA) is 66.4 Å². The van der Waals surface area contributed by atoms with Crippen LogP contribution >= 0.6 is 11.6 Å². The maximum Gasteiger partial charge on any atom is 0.242 e. The number of aliphatic hydroxyl groups excluding tert-OH is 1. The van der Waals surface area contributed by atoms with Crippen molar-refractivity contribution in [3.05, 3.63) is 29.0 Å². The molecule has 1 aliphatic rings. The highest BCUT2D eigenvalue weighted by Crippen LogP contribution is 2.25. The molecule has 0 spiro atoms. The first-order valence-corrected chi connectivity index (χ1v) is 7.92. The van der Waals surface area contributed by atoms with E-state index >= 15 is 0 Å². The maximum atomic E-state index is 13.1. The fourth-order valence-electron chi connectivity index (χ4n) is 2.19. The highest BCUT2D eigenvalue weighted by molar-refractivity contribution is 7.89. The summed E-state index contributed by atoms with van der Waals surface area (Å²) < 4.78 is 39.8. The van der Waals surface area contributed by atoms with Crippen LogP contribution in [0, 0.1) is 5.82 Å². The summed E-state index contributed by atoms with van der Waals surface area (Å²) in [4.78, 5) is -0.299. The summed E-state index contributed by atoms with van der Waals surface area (Å²) in [5.74, 6) is -0.672. The van der Waals surface area contributed by atoms with Crippen molar-refractivity contribution in [3.63, 3.8) is 0 Å². The van der Waals surface area contributed by atoms with Gasteiger partial charge >= 0.3 is 0 Å². The first-order valence-electron chi connectivity index (χ1n) is 6.05. The lowest BCUT2D eigenvalue weighted by molar-refractivity contribution is 0.101. The van der Waals surface area contributed by atoms with Crippen LogP contribution in [0.3, 0.4) is 0 Å². The van der Waals surface area contributed by atoms with E-state index in [2.05, 4.69) is 4.72 Å². The van der Waals surface area contributed by atoms with Crippen molar-refractivity contribution in [2.24, 2.45) is 0 Å². The van der Waals surface area contributed by atoms with Gasteiger partial charge in [0.05, 0.1) is 11.1 Å². The Morgan fingerprint density at radius 1 is 1.32 bits per heavy atom. The number of sulfonamides is 1. The van der Waals surface area contributed by atoms with E-state index in [4.69, 9.17) is 11.6 Å². The van der Waals surface area contributed by atoms with Crippen molar-refractivity contribution in [2.45, 2.75) is 42.7 Å². The normalized spacial score (nSPS) is 24.4. The predicted octanol–water partition coefficient (Wildman–Crippen LogP) is 2.06. The van der Waals surface area contributed by atoms with Crippen LogP contribution < -0.4 is 4.72 Å². The molecule has 0 aromatic heterocycles. The van der Waals surface area contributed by atoms with Crippen molar-refractivity contribution in [2.75, 3.05) is 0 Å². The minimum absolute atomic E-state index is 0.0424. The molecule has 2 atom stereocenters. The van der Waals surface area contributed by atoms with E-state index in [9.17, 15) is 17.9 Å². The highest BCUT2D eigenvalue weighted by atomic mass is 35.5. The molecule has 4 nitrogen and oxygen atoms in total. The Labute approximate surface area is 116 Å². The molecule has 1 saturated carbocycles. The molecule has 7 heteroatoms. The van der Waals surface area contributed by atoms with Crippen LogP contribution in [0.4, 0.5) is 4.39 Å². The van der Waals surface area contributed by atoms with Crippen LogP contribution in [0.15, 0.2) is 23.1 Å². The Morgan fingerprint density at radius 2 is 2.00 bits per heavy atom. The summed E-state index contributed by atoms with van der Waals surface area (Å²) in [6.07, 6.45) is 2.13. The lowest BCUT2D eigenvalue weighted by Gasteiger charge is -2.28. The molecule has 2 N–H and O–H groups in total. The van der Waals surface area contributed by atoms with Gasteiger partial charge in [0.1, 0.15) is 10.7 Å². The first-order chi connectivity index (χ1) is 8.90. The van der Waals surface area contributed by atoms with Gasteiger partial charge in [-0.2, -0.15) is 0 Å². The quantitative estimate of drug-likeness (QED) is 0.898. The second kappa shape index (κ2) is 5.75. The third kappa shape index (κ3) is 3.45. The van der Waals surface area contributed by atoms with Gasteiger partial charge in [-0.15, -0.1) is 0 Å². The number of aliphatic hydroxyl groups is 1. The zero-order valence-electron chi connectivity index (χ0n) is 10.1. The van der Waals surface area contributed by atoms with Gasteiger partial charge in [0.25, 0.3) is 0 Å². The molecule has 0 unspecified atom stereocenters. The van der Waals surface area contributed by atoms with Crippen molar-refractivity contribution in [3.8, 4) is 0 Å². The Hall–Kier alpha value is -0.690. The summed E-state index contributed by atoms with van der Waals surface area (Å²) in [5, 5.41) is 9.73.